The fourth-order valence-electron chi connectivity index (χ4n) is 4.65. The maximum atomic E-state index is 13.7. The second kappa shape index (κ2) is 9.93. The molecule has 6 nitrogen and oxygen atoms in total. The van der Waals surface area contributed by atoms with Crippen LogP contribution in [-0.2, 0) is 21.2 Å². The number of carbonyl (C=O) groups excluding carboxylic acids is 1. The van der Waals surface area contributed by atoms with Crippen LogP contribution < -0.4 is 0 Å². The normalized spacial score (nSPS) is 15.7. The van der Waals surface area contributed by atoms with Crippen molar-refractivity contribution in [1.29, 1.82) is 0 Å². The van der Waals surface area contributed by atoms with E-state index in [2.05, 4.69) is 11.6 Å². The van der Waals surface area contributed by atoms with Gasteiger partial charge < -0.3 is 4.90 Å². The van der Waals surface area contributed by atoms with E-state index >= 15 is 0 Å². The van der Waals surface area contributed by atoms with Gasteiger partial charge in [-0.15, -0.1) is 17.9 Å². The Kier molecular flexibility index (Phi) is 6.70. The van der Waals surface area contributed by atoms with Gasteiger partial charge in [-0.1, -0.05) is 36.4 Å². The van der Waals surface area contributed by atoms with Crippen LogP contribution in [0.4, 0.5) is 4.39 Å². The Labute approximate surface area is 213 Å². The van der Waals surface area contributed by atoms with E-state index < -0.39 is 16.1 Å². The maximum absolute atomic E-state index is 13.7. The van der Waals surface area contributed by atoms with E-state index in [1.807, 2.05) is 11.4 Å². The second-order valence-corrected chi connectivity index (χ2v) is 11.4. The van der Waals surface area contributed by atoms with Gasteiger partial charge >= 0.3 is 0 Å². The molecule has 0 N–H and O–H groups in total. The molecule has 2 aromatic carbocycles. The number of aromatic nitrogens is 1. The van der Waals surface area contributed by atoms with E-state index in [9.17, 15) is 17.6 Å². The molecular formula is C27H24FN3O3S2. The lowest BCUT2D eigenvalue weighted by Gasteiger charge is -2.37. The number of carbonyl (C=O) groups is 1. The van der Waals surface area contributed by atoms with Gasteiger partial charge in [0.15, 0.2) is 0 Å². The summed E-state index contributed by atoms with van der Waals surface area (Å²) in [6.45, 7) is 3.76. The number of halogens is 1. The predicted molar refractivity (Wildman–Crippen MR) is 139 cm³/mol. The van der Waals surface area contributed by atoms with Crippen molar-refractivity contribution in [3.63, 3.8) is 0 Å². The zero-order chi connectivity index (χ0) is 25.3. The first-order chi connectivity index (χ1) is 17.4. The Bertz CT molecular complexity index is 1530. The number of hydrogen-bond donors (Lipinski definition) is 0. The molecule has 1 amide bonds. The van der Waals surface area contributed by atoms with E-state index in [0.717, 1.165) is 15.4 Å². The van der Waals surface area contributed by atoms with Crippen LogP contribution in [0.1, 0.15) is 22.0 Å². The average molecular weight is 522 g/mol. The topological polar surface area (TPSA) is 70.6 Å². The van der Waals surface area contributed by atoms with Crippen LogP contribution in [0, 0.1) is 5.82 Å². The third kappa shape index (κ3) is 4.45. The summed E-state index contributed by atoms with van der Waals surface area (Å²) < 4.78 is 42.2. The van der Waals surface area contributed by atoms with Crippen LogP contribution in [-0.4, -0.2) is 48.1 Å². The van der Waals surface area contributed by atoms with Crippen molar-refractivity contribution in [3.05, 3.63) is 107 Å². The third-order valence-corrected chi connectivity index (χ3v) is 9.17. The number of thiophene rings is 1. The first-order valence-electron chi connectivity index (χ1n) is 11.5. The molecule has 0 saturated heterocycles. The van der Waals surface area contributed by atoms with Gasteiger partial charge in [-0.05, 0) is 53.3 Å². The molecule has 4 aromatic rings. The van der Waals surface area contributed by atoms with Crippen molar-refractivity contribution in [2.24, 2.45) is 0 Å². The molecule has 0 saturated carbocycles. The van der Waals surface area contributed by atoms with Crippen molar-refractivity contribution in [2.75, 3.05) is 19.6 Å². The Morgan fingerprint density at radius 2 is 1.94 bits per heavy atom. The van der Waals surface area contributed by atoms with Crippen LogP contribution in [0.2, 0.25) is 0 Å². The van der Waals surface area contributed by atoms with E-state index in [0.29, 0.717) is 23.9 Å². The molecule has 3 heterocycles. The van der Waals surface area contributed by atoms with E-state index in [1.165, 1.54) is 29.2 Å². The van der Waals surface area contributed by atoms with E-state index in [-0.39, 0.29) is 29.7 Å². The van der Waals surface area contributed by atoms with Gasteiger partial charge in [-0.2, -0.15) is 4.31 Å². The van der Waals surface area contributed by atoms with Crippen LogP contribution in [0.15, 0.2) is 89.8 Å². The lowest BCUT2D eigenvalue weighted by molar-refractivity contribution is -0.133. The van der Waals surface area contributed by atoms with Gasteiger partial charge in [0.25, 0.3) is 0 Å². The molecule has 0 spiro atoms. The van der Waals surface area contributed by atoms with Gasteiger partial charge in [-0.25, -0.2) is 12.8 Å². The highest BCUT2D eigenvalue weighted by Gasteiger charge is 2.35. The molecule has 5 rings (SSSR count). The minimum absolute atomic E-state index is 0.0317. The lowest BCUT2D eigenvalue weighted by atomic mass is 9.93. The van der Waals surface area contributed by atoms with Gasteiger partial charge in [0.05, 0.1) is 18.1 Å². The van der Waals surface area contributed by atoms with Crippen molar-refractivity contribution in [2.45, 2.75) is 17.4 Å². The summed E-state index contributed by atoms with van der Waals surface area (Å²) in [5.74, 6) is -0.690. The Balaban J connectivity index is 1.49. The molecule has 9 heteroatoms. The zero-order valence-corrected chi connectivity index (χ0v) is 21.0. The number of fused-ring (bicyclic) bond motifs is 2. The quantitative estimate of drug-likeness (QED) is 0.328. The largest absolute Gasteiger partial charge is 0.330 e. The fourth-order valence-corrected chi connectivity index (χ4v) is 7.08. The number of benzene rings is 2. The van der Waals surface area contributed by atoms with Crippen molar-refractivity contribution in [1.82, 2.24) is 14.2 Å². The first kappa shape index (κ1) is 24.3. The molecule has 184 valence electrons. The molecule has 1 aliphatic heterocycles. The van der Waals surface area contributed by atoms with Crippen LogP contribution in [0.5, 0.6) is 0 Å². The van der Waals surface area contributed by atoms with Gasteiger partial charge in [0, 0.05) is 29.5 Å². The zero-order valence-electron chi connectivity index (χ0n) is 19.4. The maximum Gasteiger partial charge on any atom is 0.246 e. The fraction of sp³-hybridized carbons (Fsp3) is 0.185. The molecule has 0 aliphatic carbocycles. The number of para-hydroxylation sites is 1. The van der Waals surface area contributed by atoms with E-state index in [1.54, 1.807) is 58.8 Å². The number of rotatable bonds is 7. The smallest absolute Gasteiger partial charge is 0.246 e. The molecular weight excluding hydrogens is 497 g/mol. The van der Waals surface area contributed by atoms with E-state index in [4.69, 9.17) is 0 Å². The molecule has 1 unspecified atom stereocenters. The van der Waals surface area contributed by atoms with Gasteiger partial charge in [0.2, 0.25) is 15.9 Å². The number of sulfonamides is 1. The highest BCUT2D eigenvalue weighted by atomic mass is 32.2. The Hall–Kier alpha value is -3.40. The molecule has 36 heavy (non-hydrogen) atoms. The van der Waals surface area contributed by atoms with Crippen molar-refractivity contribution in [3.8, 4) is 0 Å². The molecule has 0 fully saturated rings. The summed E-state index contributed by atoms with van der Waals surface area (Å²) >= 11 is 1.63. The Morgan fingerprint density at radius 1 is 1.17 bits per heavy atom. The van der Waals surface area contributed by atoms with Crippen molar-refractivity contribution < 1.29 is 17.6 Å². The molecule has 0 radical (unpaired) electrons. The summed E-state index contributed by atoms with van der Waals surface area (Å²) in [6, 6.07) is 16.2. The highest BCUT2D eigenvalue weighted by Crippen LogP contribution is 2.38. The SMILES string of the molecule is C=CCN(CC(=O)N1CCc2sccc2C1c1ccc(F)cc1)S(=O)(=O)c1cccc2cccnc12. The Morgan fingerprint density at radius 3 is 2.72 bits per heavy atom. The molecule has 0 bridgehead atoms. The third-order valence-electron chi connectivity index (χ3n) is 6.33. The van der Waals surface area contributed by atoms with Crippen LogP contribution in [0.3, 0.4) is 0 Å². The second-order valence-electron chi connectivity index (χ2n) is 8.51. The monoisotopic (exact) mass is 521 g/mol. The standard InChI is InChI=1S/C27H24FN3O3S2/c1-2-15-30(36(33,34)24-7-3-5-19-6-4-14-29-26(19)24)18-25(32)31-16-12-23-22(13-17-35-23)27(31)20-8-10-21(28)11-9-20/h2-11,13-14,17,27H,1,12,15-16,18H2. The molecule has 1 atom stereocenters. The number of hydrogen-bond acceptors (Lipinski definition) is 5. The van der Waals surface area contributed by atoms with Crippen LogP contribution in [0.25, 0.3) is 10.9 Å². The van der Waals surface area contributed by atoms with Gasteiger partial charge in [0.1, 0.15) is 10.7 Å². The molecule has 2 aromatic heterocycles. The summed E-state index contributed by atoms with van der Waals surface area (Å²) in [6.07, 6.45) is 3.69. The number of amides is 1. The summed E-state index contributed by atoms with van der Waals surface area (Å²) in [4.78, 5) is 20.9. The summed E-state index contributed by atoms with van der Waals surface area (Å²) in [5, 5.41) is 2.68. The predicted octanol–water partition coefficient (Wildman–Crippen LogP) is 4.79. The lowest BCUT2D eigenvalue weighted by Crippen LogP contribution is -2.46. The number of nitrogens with zero attached hydrogens (tertiary/aromatic N) is 3. The van der Waals surface area contributed by atoms with Crippen LogP contribution >= 0.6 is 11.3 Å². The summed E-state index contributed by atoms with van der Waals surface area (Å²) in [5.41, 5.74) is 2.12. The first-order valence-corrected chi connectivity index (χ1v) is 13.8. The van der Waals surface area contributed by atoms with Gasteiger partial charge in [-0.3, -0.25) is 9.78 Å². The minimum atomic E-state index is -4.06. The summed E-state index contributed by atoms with van der Waals surface area (Å²) in [7, 11) is -4.06. The molecule has 1 aliphatic rings. The van der Waals surface area contributed by atoms with Crippen molar-refractivity contribution >= 4 is 38.2 Å². The highest BCUT2D eigenvalue weighted by molar-refractivity contribution is 7.89. The number of pyridine rings is 1. The minimum Gasteiger partial charge on any atom is -0.330 e. The average Bonchev–Trinajstić information content (AvgIpc) is 3.37.